The molecule has 0 radical (unpaired) electrons. The number of esters is 1. The summed E-state index contributed by atoms with van der Waals surface area (Å²) in [5.41, 5.74) is 1.35. The molecule has 1 unspecified atom stereocenters. The lowest BCUT2D eigenvalue weighted by Crippen LogP contribution is -2.30. The van der Waals surface area contributed by atoms with Gasteiger partial charge in [0.15, 0.2) is 5.44 Å². The van der Waals surface area contributed by atoms with Gasteiger partial charge >= 0.3 is 5.97 Å². The van der Waals surface area contributed by atoms with Gasteiger partial charge in [0, 0.05) is 17.7 Å². The first kappa shape index (κ1) is 26.8. The molecule has 2 rings (SSSR count). The Morgan fingerprint density at radius 2 is 1.62 bits per heavy atom. The molecule has 0 saturated carbocycles. The fourth-order valence-corrected chi connectivity index (χ4v) is 5.76. The fraction of sp³-hybridized carbons (Fsp3) is 0.621. The number of carbonyl (C=O) groups excluding carboxylic acids is 1. The summed E-state index contributed by atoms with van der Waals surface area (Å²) in [4.78, 5) is 13.6. The molecule has 1 aliphatic rings. The number of unbranched alkanes of at least 4 members (excludes halogenated alkanes) is 8. The van der Waals surface area contributed by atoms with Crippen LogP contribution >= 0.6 is 11.8 Å². The lowest BCUT2D eigenvalue weighted by atomic mass is 9.81. The van der Waals surface area contributed by atoms with E-state index in [4.69, 9.17) is 4.74 Å². The second-order valence-electron chi connectivity index (χ2n) is 9.60. The summed E-state index contributed by atoms with van der Waals surface area (Å²) >= 11 is 1.70. The van der Waals surface area contributed by atoms with Crippen molar-refractivity contribution in [2.75, 3.05) is 0 Å². The molecule has 0 amide bonds. The van der Waals surface area contributed by atoms with Crippen molar-refractivity contribution in [3.8, 4) is 0 Å². The molecule has 1 atom stereocenters. The van der Waals surface area contributed by atoms with E-state index in [1.54, 1.807) is 11.8 Å². The maximum Gasteiger partial charge on any atom is 0.306 e. The third kappa shape index (κ3) is 10.4. The molecule has 1 aromatic carbocycles. The number of hydrogen-bond donors (Lipinski definition) is 0. The number of rotatable bonds is 15. The summed E-state index contributed by atoms with van der Waals surface area (Å²) < 4.78 is 5.81. The van der Waals surface area contributed by atoms with Crippen molar-refractivity contribution < 1.29 is 9.53 Å². The van der Waals surface area contributed by atoms with Crippen molar-refractivity contribution in [2.45, 2.75) is 120 Å². The maximum absolute atomic E-state index is 12.3. The van der Waals surface area contributed by atoms with Crippen LogP contribution in [0.25, 0.3) is 0 Å². The van der Waals surface area contributed by atoms with Crippen LogP contribution in [0.1, 0.15) is 110 Å². The molecular weight excluding hydrogens is 412 g/mol. The Morgan fingerprint density at radius 3 is 2.38 bits per heavy atom. The summed E-state index contributed by atoms with van der Waals surface area (Å²) in [5, 5.41) is 0. The lowest BCUT2D eigenvalue weighted by Gasteiger charge is -2.36. The zero-order valence-electron chi connectivity index (χ0n) is 20.6. The summed E-state index contributed by atoms with van der Waals surface area (Å²) in [6.45, 7) is 6.73. The van der Waals surface area contributed by atoms with Gasteiger partial charge in [-0.3, -0.25) is 4.79 Å². The summed E-state index contributed by atoms with van der Waals surface area (Å²) in [6.07, 6.45) is 23.8. The lowest BCUT2D eigenvalue weighted by molar-refractivity contribution is -0.145. The molecule has 2 nitrogen and oxygen atoms in total. The number of thioether (sulfide) groups is 1. The Labute approximate surface area is 201 Å². The van der Waals surface area contributed by atoms with Crippen LogP contribution in [-0.2, 0) is 14.9 Å². The predicted molar refractivity (Wildman–Crippen MR) is 139 cm³/mol. The maximum atomic E-state index is 12.3. The van der Waals surface area contributed by atoms with E-state index in [9.17, 15) is 4.79 Å². The van der Waals surface area contributed by atoms with Crippen LogP contribution < -0.4 is 0 Å². The molecule has 3 heteroatoms. The number of carbonyl (C=O) groups is 1. The fourth-order valence-electron chi connectivity index (χ4n) is 4.19. The normalized spacial score (nSPS) is 17.7. The second-order valence-corrected chi connectivity index (χ2v) is 10.8. The molecular formula is C29H44O2S. The van der Waals surface area contributed by atoms with Crippen molar-refractivity contribution in [3.63, 3.8) is 0 Å². The molecule has 0 fully saturated rings. The number of benzene rings is 1. The average Bonchev–Trinajstić information content (AvgIpc) is 2.76. The molecule has 0 bridgehead atoms. The van der Waals surface area contributed by atoms with E-state index in [1.165, 1.54) is 61.8 Å². The Bertz CT molecular complexity index is 720. The van der Waals surface area contributed by atoms with Gasteiger partial charge in [0.05, 0.1) is 0 Å². The van der Waals surface area contributed by atoms with E-state index >= 15 is 0 Å². The van der Waals surface area contributed by atoms with Crippen molar-refractivity contribution in [1.29, 1.82) is 0 Å². The zero-order chi connectivity index (χ0) is 23.1. The van der Waals surface area contributed by atoms with Gasteiger partial charge in [0.2, 0.25) is 0 Å². The molecule has 178 valence electrons. The van der Waals surface area contributed by atoms with Crippen LogP contribution in [0.2, 0.25) is 0 Å². The number of allylic oxidation sites excluding steroid dienone is 4. The van der Waals surface area contributed by atoms with Crippen LogP contribution in [0.15, 0.2) is 53.5 Å². The van der Waals surface area contributed by atoms with Crippen LogP contribution in [0.4, 0.5) is 0 Å². The highest BCUT2D eigenvalue weighted by Gasteiger charge is 2.35. The van der Waals surface area contributed by atoms with Gasteiger partial charge in [0.25, 0.3) is 0 Å². The highest BCUT2D eigenvalue weighted by atomic mass is 32.2. The minimum absolute atomic E-state index is 0.0386. The monoisotopic (exact) mass is 456 g/mol. The smallest absolute Gasteiger partial charge is 0.306 e. The molecule has 0 aromatic heterocycles. The highest BCUT2D eigenvalue weighted by molar-refractivity contribution is 7.99. The SMILES string of the molecule is CCCCC/C=C\C/C=C\CCCCCCCC(=O)OC1CC(C)(C)c2ccccc2S1. The molecule has 0 saturated heterocycles. The Balaban J connectivity index is 1.48. The van der Waals surface area contributed by atoms with Gasteiger partial charge in [-0.05, 0) is 55.6 Å². The minimum atomic E-state index is -0.0645. The third-order valence-electron chi connectivity index (χ3n) is 6.15. The summed E-state index contributed by atoms with van der Waals surface area (Å²) in [7, 11) is 0. The topological polar surface area (TPSA) is 26.3 Å². The van der Waals surface area contributed by atoms with E-state index in [2.05, 4.69) is 69.3 Å². The van der Waals surface area contributed by atoms with E-state index in [-0.39, 0.29) is 16.8 Å². The Morgan fingerprint density at radius 1 is 0.969 bits per heavy atom. The van der Waals surface area contributed by atoms with Crippen molar-refractivity contribution in [3.05, 3.63) is 54.1 Å². The first-order valence-corrected chi connectivity index (χ1v) is 13.7. The van der Waals surface area contributed by atoms with Crippen LogP contribution in [0.5, 0.6) is 0 Å². The van der Waals surface area contributed by atoms with E-state index < -0.39 is 0 Å². The largest absolute Gasteiger partial charge is 0.451 e. The predicted octanol–water partition coefficient (Wildman–Crippen LogP) is 9.14. The first-order valence-electron chi connectivity index (χ1n) is 12.8. The second kappa shape index (κ2) is 15.4. The molecule has 0 aliphatic carbocycles. The molecule has 32 heavy (non-hydrogen) atoms. The summed E-state index contributed by atoms with van der Waals surface area (Å²) in [5.74, 6) is -0.0386. The van der Waals surface area contributed by atoms with Gasteiger partial charge in [-0.2, -0.15) is 0 Å². The van der Waals surface area contributed by atoms with E-state index in [0.29, 0.717) is 6.42 Å². The summed E-state index contributed by atoms with van der Waals surface area (Å²) in [6, 6.07) is 8.50. The van der Waals surface area contributed by atoms with Crippen LogP contribution in [-0.4, -0.2) is 11.4 Å². The van der Waals surface area contributed by atoms with Gasteiger partial charge in [-0.1, -0.05) is 107 Å². The minimum Gasteiger partial charge on any atom is -0.451 e. The van der Waals surface area contributed by atoms with Crippen molar-refractivity contribution in [1.82, 2.24) is 0 Å². The van der Waals surface area contributed by atoms with Crippen molar-refractivity contribution in [2.24, 2.45) is 0 Å². The molecule has 1 aliphatic heterocycles. The molecule has 1 aromatic rings. The van der Waals surface area contributed by atoms with Gasteiger partial charge in [-0.15, -0.1) is 0 Å². The average molecular weight is 457 g/mol. The highest BCUT2D eigenvalue weighted by Crippen LogP contribution is 2.45. The van der Waals surface area contributed by atoms with Gasteiger partial charge in [-0.25, -0.2) is 0 Å². The molecule has 0 spiro atoms. The Hall–Kier alpha value is -1.48. The molecule has 0 N–H and O–H groups in total. The molecule has 1 heterocycles. The van der Waals surface area contributed by atoms with Crippen LogP contribution in [0, 0.1) is 0 Å². The van der Waals surface area contributed by atoms with Crippen LogP contribution in [0.3, 0.4) is 0 Å². The van der Waals surface area contributed by atoms with E-state index in [0.717, 1.165) is 25.7 Å². The van der Waals surface area contributed by atoms with Gasteiger partial charge < -0.3 is 4.74 Å². The zero-order valence-corrected chi connectivity index (χ0v) is 21.4. The van der Waals surface area contributed by atoms with Crippen molar-refractivity contribution >= 4 is 17.7 Å². The first-order chi connectivity index (χ1) is 15.5. The van der Waals surface area contributed by atoms with E-state index in [1.807, 2.05) is 0 Å². The third-order valence-corrected chi connectivity index (χ3v) is 7.28. The van der Waals surface area contributed by atoms with Gasteiger partial charge in [0.1, 0.15) is 0 Å². The Kier molecular flexibility index (Phi) is 12.9. The number of ether oxygens (including phenoxy) is 1. The number of hydrogen-bond acceptors (Lipinski definition) is 3. The quantitative estimate of drug-likeness (QED) is 0.149. The number of fused-ring (bicyclic) bond motifs is 1. The standard InChI is InChI=1S/C29H44O2S/c1-4-5-6-7-8-9-10-11-12-13-14-15-16-17-18-23-27(30)31-28-24-29(2,3)25-21-19-20-22-26(25)32-28/h8-9,11-12,19-22,28H,4-7,10,13-18,23-24H2,1-3H3/b9-8-,12-11-.